The standard InChI is InChI=1S/C13H12BrFN2O2/c1-17(7-11-2-3-12(14)19-11)13(18)8-4-9(15)6-10(16)5-8/h2-6H,7,16H2,1H3. The number of benzene rings is 1. The lowest BCUT2D eigenvalue weighted by molar-refractivity contribution is 0.0774. The highest BCUT2D eigenvalue weighted by Gasteiger charge is 2.15. The van der Waals surface area contributed by atoms with Crippen LogP contribution in [0.25, 0.3) is 0 Å². The summed E-state index contributed by atoms with van der Waals surface area (Å²) in [5, 5.41) is 0. The van der Waals surface area contributed by atoms with E-state index in [1.165, 1.54) is 17.0 Å². The largest absolute Gasteiger partial charge is 0.452 e. The van der Waals surface area contributed by atoms with Gasteiger partial charge in [0.25, 0.3) is 5.91 Å². The van der Waals surface area contributed by atoms with Gasteiger partial charge in [-0.15, -0.1) is 0 Å². The van der Waals surface area contributed by atoms with Crippen LogP contribution in [0.5, 0.6) is 0 Å². The highest BCUT2D eigenvalue weighted by molar-refractivity contribution is 9.10. The first kappa shape index (κ1) is 13.6. The number of carbonyl (C=O) groups is 1. The molecule has 0 aliphatic carbocycles. The van der Waals surface area contributed by atoms with E-state index >= 15 is 0 Å². The fourth-order valence-electron chi connectivity index (χ4n) is 1.70. The predicted molar refractivity (Wildman–Crippen MR) is 73.0 cm³/mol. The van der Waals surface area contributed by atoms with Gasteiger partial charge in [-0.25, -0.2) is 4.39 Å². The first-order valence-corrected chi connectivity index (χ1v) is 6.31. The van der Waals surface area contributed by atoms with Crippen LogP contribution in [0.15, 0.2) is 39.4 Å². The Hall–Kier alpha value is -1.82. The average Bonchev–Trinajstić information content (AvgIpc) is 2.72. The van der Waals surface area contributed by atoms with Crippen LogP contribution >= 0.6 is 15.9 Å². The second kappa shape index (κ2) is 5.44. The SMILES string of the molecule is CN(Cc1ccc(Br)o1)C(=O)c1cc(N)cc(F)c1. The molecular weight excluding hydrogens is 315 g/mol. The van der Waals surface area contributed by atoms with Crippen molar-refractivity contribution in [1.29, 1.82) is 0 Å². The third kappa shape index (κ3) is 3.35. The number of hydrogen-bond acceptors (Lipinski definition) is 3. The Labute approximate surface area is 118 Å². The molecule has 0 radical (unpaired) electrons. The summed E-state index contributed by atoms with van der Waals surface area (Å²) in [5.74, 6) is -0.219. The summed E-state index contributed by atoms with van der Waals surface area (Å²) in [6.07, 6.45) is 0. The van der Waals surface area contributed by atoms with Crippen LogP contribution < -0.4 is 5.73 Å². The Bertz CT molecular complexity index is 592. The van der Waals surface area contributed by atoms with Gasteiger partial charge in [0, 0.05) is 18.3 Å². The fraction of sp³-hybridized carbons (Fsp3) is 0.154. The molecule has 1 amide bonds. The number of nitrogens with two attached hydrogens (primary N) is 1. The van der Waals surface area contributed by atoms with Gasteiger partial charge in [-0.05, 0) is 46.3 Å². The van der Waals surface area contributed by atoms with Gasteiger partial charge < -0.3 is 15.1 Å². The highest BCUT2D eigenvalue weighted by atomic mass is 79.9. The van der Waals surface area contributed by atoms with Crippen LogP contribution in [0.4, 0.5) is 10.1 Å². The highest BCUT2D eigenvalue weighted by Crippen LogP contribution is 2.17. The van der Waals surface area contributed by atoms with Crippen molar-refractivity contribution in [3.05, 3.63) is 52.1 Å². The van der Waals surface area contributed by atoms with Crippen molar-refractivity contribution in [2.45, 2.75) is 6.54 Å². The molecule has 0 aliphatic heterocycles. The Morgan fingerprint density at radius 2 is 2.16 bits per heavy atom. The summed E-state index contributed by atoms with van der Waals surface area (Å²) >= 11 is 3.19. The first-order valence-electron chi connectivity index (χ1n) is 5.51. The number of furan rings is 1. The zero-order valence-corrected chi connectivity index (χ0v) is 11.8. The number of anilines is 1. The number of carbonyl (C=O) groups excluding carboxylic acids is 1. The molecule has 0 unspecified atom stereocenters. The second-order valence-corrected chi connectivity index (χ2v) is 4.92. The molecule has 2 N–H and O–H groups in total. The van der Waals surface area contributed by atoms with E-state index in [-0.39, 0.29) is 17.2 Å². The number of halogens is 2. The Balaban J connectivity index is 2.14. The molecule has 0 fully saturated rings. The van der Waals surface area contributed by atoms with E-state index < -0.39 is 5.82 Å². The third-order valence-electron chi connectivity index (χ3n) is 2.54. The van der Waals surface area contributed by atoms with Crippen LogP contribution in [0.2, 0.25) is 0 Å². The van der Waals surface area contributed by atoms with Crippen molar-refractivity contribution in [2.24, 2.45) is 0 Å². The summed E-state index contributed by atoms with van der Waals surface area (Å²) in [6.45, 7) is 0.293. The first-order chi connectivity index (χ1) is 8.95. The molecule has 2 aromatic rings. The normalized spacial score (nSPS) is 10.5. The lowest BCUT2D eigenvalue weighted by atomic mass is 10.1. The van der Waals surface area contributed by atoms with Crippen molar-refractivity contribution in [2.75, 3.05) is 12.8 Å². The molecule has 6 heteroatoms. The molecule has 0 saturated carbocycles. The van der Waals surface area contributed by atoms with Gasteiger partial charge in [0.1, 0.15) is 11.6 Å². The van der Waals surface area contributed by atoms with Gasteiger partial charge in [-0.3, -0.25) is 4.79 Å². The van der Waals surface area contributed by atoms with Crippen LogP contribution in [-0.2, 0) is 6.54 Å². The zero-order chi connectivity index (χ0) is 14.0. The van der Waals surface area contributed by atoms with Crippen molar-refractivity contribution in [1.82, 2.24) is 4.90 Å². The van der Waals surface area contributed by atoms with Gasteiger partial charge >= 0.3 is 0 Å². The van der Waals surface area contributed by atoms with Crippen molar-refractivity contribution >= 4 is 27.5 Å². The molecule has 1 heterocycles. The van der Waals surface area contributed by atoms with E-state index in [9.17, 15) is 9.18 Å². The Kier molecular flexibility index (Phi) is 3.90. The number of hydrogen-bond donors (Lipinski definition) is 1. The summed E-state index contributed by atoms with van der Waals surface area (Å²) in [7, 11) is 1.61. The van der Waals surface area contributed by atoms with E-state index in [4.69, 9.17) is 10.2 Å². The molecule has 0 spiro atoms. The van der Waals surface area contributed by atoms with Crippen molar-refractivity contribution in [3.8, 4) is 0 Å². The maximum atomic E-state index is 13.2. The maximum Gasteiger partial charge on any atom is 0.254 e. The molecule has 100 valence electrons. The maximum absolute atomic E-state index is 13.2. The molecule has 0 atom stereocenters. The molecule has 0 saturated heterocycles. The summed E-state index contributed by atoms with van der Waals surface area (Å²) in [4.78, 5) is 13.5. The van der Waals surface area contributed by atoms with Crippen LogP contribution in [0, 0.1) is 5.82 Å². The fourth-order valence-corrected chi connectivity index (χ4v) is 2.04. The quantitative estimate of drug-likeness (QED) is 0.882. The molecule has 0 aliphatic rings. The molecule has 1 aromatic carbocycles. The smallest absolute Gasteiger partial charge is 0.254 e. The molecule has 4 nitrogen and oxygen atoms in total. The minimum atomic E-state index is -0.530. The lowest BCUT2D eigenvalue weighted by Gasteiger charge is -2.16. The van der Waals surface area contributed by atoms with Gasteiger partial charge in [0.15, 0.2) is 4.67 Å². The van der Waals surface area contributed by atoms with E-state index in [1.54, 1.807) is 19.2 Å². The monoisotopic (exact) mass is 326 g/mol. The van der Waals surface area contributed by atoms with Crippen molar-refractivity contribution < 1.29 is 13.6 Å². The topological polar surface area (TPSA) is 59.5 Å². The number of nitrogen functional groups attached to an aromatic ring is 1. The van der Waals surface area contributed by atoms with Crippen LogP contribution in [0.1, 0.15) is 16.1 Å². The number of nitrogens with zero attached hydrogens (tertiary/aromatic N) is 1. The summed E-state index contributed by atoms with van der Waals surface area (Å²) in [5.41, 5.74) is 5.95. The van der Waals surface area contributed by atoms with Crippen LogP contribution in [0.3, 0.4) is 0 Å². The van der Waals surface area contributed by atoms with Gasteiger partial charge in [0.2, 0.25) is 0 Å². The zero-order valence-electron chi connectivity index (χ0n) is 10.2. The number of rotatable bonds is 3. The van der Waals surface area contributed by atoms with Gasteiger partial charge in [-0.1, -0.05) is 0 Å². The van der Waals surface area contributed by atoms with E-state index in [2.05, 4.69) is 15.9 Å². The van der Waals surface area contributed by atoms with Crippen LogP contribution in [-0.4, -0.2) is 17.9 Å². The molecule has 19 heavy (non-hydrogen) atoms. The van der Waals surface area contributed by atoms with E-state index in [0.717, 1.165) is 6.07 Å². The number of amides is 1. The minimum Gasteiger partial charge on any atom is -0.452 e. The molecule has 1 aromatic heterocycles. The molecule has 0 bridgehead atoms. The van der Waals surface area contributed by atoms with Gasteiger partial charge in [-0.2, -0.15) is 0 Å². The summed E-state index contributed by atoms with van der Waals surface area (Å²) < 4.78 is 19.1. The lowest BCUT2D eigenvalue weighted by Crippen LogP contribution is -2.26. The molecular formula is C13H12BrFN2O2. The summed E-state index contributed by atoms with van der Waals surface area (Å²) in [6, 6.07) is 7.27. The van der Waals surface area contributed by atoms with Gasteiger partial charge in [0.05, 0.1) is 6.54 Å². The molecule has 2 rings (SSSR count). The Morgan fingerprint density at radius 1 is 1.42 bits per heavy atom. The third-order valence-corrected chi connectivity index (χ3v) is 2.96. The minimum absolute atomic E-state index is 0.214. The average molecular weight is 327 g/mol. The van der Waals surface area contributed by atoms with Crippen molar-refractivity contribution in [3.63, 3.8) is 0 Å². The van der Waals surface area contributed by atoms with E-state index in [1.807, 2.05) is 0 Å². The second-order valence-electron chi connectivity index (χ2n) is 4.14. The van der Waals surface area contributed by atoms with E-state index in [0.29, 0.717) is 17.0 Å². The predicted octanol–water partition coefficient (Wildman–Crippen LogP) is 3.04. The Morgan fingerprint density at radius 3 is 2.74 bits per heavy atom.